The van der Waals surface area contributed by atoms with E-state index in [0.29, 0.717) is 6.54 Å². The number of thioether (sulfide) groups is 1. The number of rotatable bonds is 8. The topological polar surface area (TPSA) is 87.2 Å². The Hall–Kier alpha value is -1.54. The second-order valence-electron chi connectivity index (χ2n) is 9.13. The molecule has 3 saturated heterocycles. The Labute approximate surface area is 188 Å². The molecule has 0 aromatic heterocycles. The third-order valence-electron chi connectivity index (χ3n) is 7.56. The number of fused-ring (bicyclic) bond motifs is 1. The van der Waals surface area contributed by atoms with Gasteiger partial charge in [0.05, 0.1) is 29.8 Å². The van der Waals surface area contributed by atoms with Crippen molar-refractivity contribution in [3.05, 3.63) is 12.7 Å². The van der Waals surface area contributed by atoms with Crippen molar-refractivity contribution in [2.75, 3.05) is 26.3 Å². The summed E-state index contributed by atoms with van der Waals surface area (Å²) in [6, 6.07) is -0.487. The van der Waals surface area contributed by atoms with E-state index < -0.39 is 22.6 Å². The van der Waals surface area contributed by atoms with Gasteiger partial charge in [0.2, 0.25) is 11.8 Å². The highest BCUT2D eigenvalue weighted by molar-refractivity contribution is 8.02. The fourth-order valence-corrected chi connectivity index (χ4v) is 8.60. The van der Waals surface area contributed by atoms with Crippen LogP contribution in [0.1, 0.15) is 51.9 Å². The van der Waals surface area contributed by atoms with Crippen molar-refractivity contribution in [1.82, 2.24) is 9.80 Å². The number of nitrogens with zero attached hydrogens (tertiary/aromatic N) is 2. The highest BCUT2D eigenvalue weighted by Crippen LogP contribution is 2.66. The van der Waals surface area contributed by atoms with Crippen LogP contribution in [-0.4, -0.2) is 81.1 Å². The summed E-state index contributed by atoms with van der Waals surface area (Å²) in [5, 5.41) is 9.71. The minimum atomic E-state index is -0.645. The summed E-state index contributed by atoms with van der Waals surface area (Å²) in [6.45, 7) is 6.27. The van der Waals surface area contributed by atoms with Crippen molar-refractivity contribution < 1.29 is 24.2 Å². The molecule has 7 nitrogen and oxygen atoms in total. The van der Waals surface area contributed by atoms with Crippen molar-refractivity contribution in [3.8, 4) is 0 Å². The zero-order valence-corrected chi connectivity index (χ0v) is 19.1. The van der Waals surface area contributed by atoms with Crippen LogP contribution >= 0.6 is 11.8 Å². The Morgan fingerprint density at radius 2 is 2.06 bits per heavy atom. The molecule has 2 amide bonds. The molecule has 1 N–H and O–H groups in total. The highest BCUT2D eigenvalue weighted by Gasteiger charge is 2.74. The maximum Gasteiger partial charge on any atom is 0.310 e. The molecule has 1 spiro atoms. The van der Waals surface area contributed by atoms with Crippen LogP contribution in [0.5, 0.6) is 0 Å². The van der Waals surface area contributed by atoms with E-state index in [9.17, 15) is 19.5 Å². The number of carbonyl (C=O) groups is 3. The van der Waals surface area contributed by atoms with Crippen LogP contribution in [0, 0.1) is 11.8 Å². The lowest BCUT2D eigenvalue weighted by Gasteiger charge is -2.41. The normalized spacial score (nSPS) is 34.6. The summed E-state index contributed by atoms with van der Waals surface area (Å²) in [5.74, 6) is -1.61. The van der Waals surface area contributed by atoms with Crippen LogP contribution in [-0.2, 0) is 19.1 Å². The maximum atomic E-state index is 14.1. The van der Waals surface area contributed by atoms with Crippen LogP contribution in [0.25, 0.3) is 0 Å². The van der Waals surface area contributed by atoms with Crippen molar-refractivity contribution in [1.29, 1.82) is 0 Å². The first kappa shape index (κ1) is 22.6. The van der Waals surface area contributed by atoms with E-state index in [1.807, 2.05) is 4.90 Å². The van der Waals surface area contributed by atoms with Crippen LogP contribution in [0.4, 0.5) is 0 Å². The Kier molecular flexibility index (Phi) is 6.68. The second-order valence-corrected chi connectivity index (χ2v) is 10.7. The average molecular weight is 451 g/mol. The molecule has 172 valence electrons. The molecule has 1 saturated carbocycles. The van der Waals surface area contributed by atoms with Gasteiger partial charge in [0.1, 0.15) is 6.04 Å². The molecular weight excluding hydrogens is 416 g/mol. The fourth-order valence-electron chi connectivity index (χ4n) is 6.39. The zero-order valence-electron chi connectivity index (χ0n) is 18.3. The van der Waals surface area contributed by atoms with E-state index in [1.165, 1.54) is 6.42 Å². The minimum absolute atomic E-state index is 0.0158. The molecule has 2 unspecified atom stereocenters. The molecule has 5 atom stereocenters. The van der Waals surface area contributed by atoms with E-state index in [0.717, 1.165) is 38.5 Å². The number of aliphatic hydroxyl groups excluding tert-OH is 1. The molecule has 3 heterocycles. The van der Waals surface area contributed by atoms with Gasteiger partial charge in [-0.3, -0.25) is 14.4 Å². The predicted molar refractivity (Wildman–Crippen MR) is 118 cm³/mol. The summed E-state index contributed by atoms with van der Waals surface area (Å²) in [6.07, 6.45) is 8.64. The molecule has 31 heavy (non-hydrogen) atoms. The first-order chi connectivity index (χ1) is 15.0. The fraction of sp³-hybridized carbons (Fsp3) is 0.783. The summed E-state index contributed by atoms with van der Waals surface area (Å²) in [5.41, 5.74) is 0. The SMILES string of the molecule is C=CCN(C(=O)C1N(CCO)C(=O)[C@@H]2[C@H](C(=O)OCC)[C@@H]3CCC12S3)C1CCCCC1. The molecule has 0 aromatic rings. The maximum absolute atomic E-state index is 14.1. The number of hydrogen-bond donors (Lipinski definition) is 1. The lowest BCUT2D eigenvalue weighted by atomic mass is 9.71. The number of hydrogen-bond acceptors (Lipinski definition) is 6. The second kappa shape index (κ2) is 9.14. The molecule has 4 fully saturated rings. The molecule has 4 rings (SSSR count). The molecule has 2 bridgehead atoms. The summed E-state index contributed by atoms with van der Waals surface area (Å²) in [7, 11) is 0. The average Bonchev–Trinajstić information content (AvgIpc) is 3.40. The number of ether oxygens (including phenoxy) is 1. The van der Waals surface area contributed by atoms with Gasteiger partial charge in [0.15, 0.2) is 0 Å². The molecule has 0 radical (unpaired) electrons. The number of carbonyl (C=O) groups excluding carboxylic acids is 3. The van der Waals surface area contributed by atoms with E-state index in [1.54, 1.807) is 29.7 Å². The van der Waals surface area contributed by atoms with Gasteiger partial charge in [-0.05, 0) is 32.6 Å². The molecule has 8 heteroatoms. The molecule has 4 aliphatic rings. The third kappa shape index (κ3) is 3.59. The third-order valence-corrected chi connectivity index (χ3v) is 9.51. The largest absolute Gasteiger partial charge is 0.466 e. The highest BCUT2D eigenvalue weighted by atomic mass is 32.2. The predicted octanol–water partition coefficient (Wildman–Crippen LogP) is 1.98. The molecular formula is C23H34N2O5S. The van der Waals surface area contributed by atoms with Crippen molar-refractivity contribution in [2.24, 2.45) is 11.8 Å². The Bertz CT molecular complexity index is 739. The molecule has 1 aliphatic carbocycles. The summed E-state index contributed by atoms with van der Waals surface area (Å²) in [4.78, 5) is 43.9. The lowest BCUT2D eigenvalue weighted by Crippen LogP contribution is -2.57. The van der Waals surface area contributed by atoms with E-state index >= 15 is 0 Å². The van der Waals surface area contributed by atoms with E-state index in [4.69, 9.17) is 4.74 Å². The van der Waals surface area contributed by atoms with Gasteiger partial charge < -0.3 is 19.6 Å². The quantitative estimate of drug-likeness (QED) is 0.450. The van der Waals surface area contributed by atoms with Crippen molar-refractivity contribution in [2.45, 2.75) is 74.0 Å². The van der Waals surface area contributed by atoms with Gasteiger partial charge in [0.25, 0.3) is 0 Å². The molecule has 3 aliphatic heterocycles. The molecule has 0 aromatic carbocycles. The van der Waals surface area contributed by atoms with Gasteiger partial charge >= 0.3 is 5.97 Å². The van der Waals surface area contributed by atoms with Gasteiger partial charge in [-0.15, -0.1) is 18.3 Å². The van der Waals surface area contributed by atoms with E-state index in [-0.39, 0.29) is 48.8 Å². The Balaban J connectivity index is 1.69. The monoisotopic (exact) mass is 450 g/mol. The number of β-amino-alcohol motifs (C(OH)–C–C–N with tert-alkyl or cyclic N) is 1. The van der Waals surface area contributed by atoms with Gasteiger partial charge in [-0.2, -0.15) is 0 Å². The summed E-state index contributed by atoms with van der Waals surface area (Å²) < 4.78 is 4.71. The first-order valence-electron chi connectivity index (χ1n) is 11.7. The number of esters is 1. The first-order valence-corrected chi connectivity index (χ1v) is 12.5. The lowest BCUT2D eigenvalue weighted by molar-refractivity contribution is -0.153. The van der Waals surface area contributed by atoms with Crippen LogP contribution in [0.3, 0.4) is 0 Å². The Morgan fingerprint density at radius 3 is 2.71 bits per heavy atom. The zero-order chi connectivity index (χ0) is 22.2. The smallest absolute Gasteiger partial charge is 0.310 e. The van der Waals surface area contributed by atoms with E-state index in [2.05, 4.69) is 6.58 Å². The van der Waals surface area contributed by atoms with Crippen molar-refractivity contribution in [3.63, 3.8) is 0 Å². The van der Waals surface area contributed by atoms with Gasteiger partial charge in [0, 0.05) is 24.4 Å². The van der Waals surface area contributed by atoms with Crippen LogP contribution in [0.2, 0.25) is 0 Å². The number of aliphatic hydroxyl groups is 1. The Morgan fingerprint density at radius 1 is 1.32 bits per heavy atom. The minimum Gasteiger partial charge on any atom is -0.466 e. The van der Waals surface area contributed by atoms with Gasteiger partial charge in [-0.25, -0.2) is 0 Å². The number of likely N-dealkylation sites (tertiary alicyclic amines) is 1. The standard InChI is InChI=1S/C23H34N2O5S/c1-3-12-24(15-8-6-5-7-9-15)21(28)19-23-11-10-16(31-23)17(22(29)30-4-2)18(23)20(27)25(19)13-14-26/h3,15-19,26H,1,4-14H2,2H3/t16-,17+,18-,19?,23?/m0/s1. The summed E-state index contributed by atoms with van der Waals surface area (Å²) >= 11 is 1.65. The van der Waals surface area contributed by atoms with Crippen LogP contribution < -0.4 is 0 Å². The number of amides is 2. The van der Waals surface area contributed by atoms with Gasteiger partial charge in [-0.1, -0.05) is 25.3 Å². The van der Waals surface area contributed by atoms with Crippen molar-refractivity contribution >= 4 is 29.5 Å². The van der Waals surface area contributed by atoms with Crippen LogP contribution in [0.15, 0.2) is 12.7 Å².